The van der Waals surface area contributed by atoms with Crippen LogP contribution in [0.25, 0.3) is 0 Å². The van der Waals surface area contributed by atoms with Crippen molar-refractivity contribution in [2.24, 2.45) is 5.73 Å². The Kier molecular flexibility index (Phi) is 3.30. The zero-order valence-electron chi connectivity index (χ0n) is 7.57. The number of nitrogens with one attached hydrogen (secondary N) is 1. The Balaban J connectivity index is 2.54. The molecule has 0 fully saturated rings. The van der Waals surface area contributed by atoms with Crippen LogP contribution in [0, 0.1) is 5.41 Å². The monoisotopic (exact) mass is 200 g/mol. The van der Waals surface area contributed by atoms with Gasteiger partial charge < -0.3 is 10.3 Å². The summed E-state index contributed by atoms with van der Waals surface area (Å²) < 4.78 is 4.94. The van der Waals surface area contributed by atoms with Crippen LogP contribution in [0.5, 0.6) is 0 Å². The van der Waals surface area contributed by atoms with E-state index in [9.17, 15) is 0 Å². The lowest BCUT2D eigenvalue weighted by Gasteiger charge is -1.93. The van der Waals surface area contributed by atoms with E-state index in [-0.39, 0.29) is 11.1 Å². The van der Waals surface area contributed by atoms with Crippen LogP contribution < -0.4 is 5.73 Å². The molecule has 0 aromatic carbocycles. The molecule has 0 aliphatic carbocycles. The van der Waals surface area contributed by atoms with Crippen molar-refractivity contribution in [3.63, 3.8) is 0 Å². The summed E-state index contributed by atoms with van der Waals surface area (Å²) in [6.07, 6.45) is 0. The summed E-state index contributed by atoms with van der Waals surface area (Å²) in [7, 11) is 0. The van der Waals surface area contributed by atoms with Crippen molar-refractivity contribution < 1.29 is 4.52 Å². The van der Waals surface area contributed by atoms with Gasteiger partial charge in [-0.2, -0.15) is 4.98 Å². The number of hydrogen-bond donors (Lipinski definition) is 2. The zero-order valence-corrected chi connectivity index (χ0v) is 8.39. The fraction of sp³-hybridized carbons (Fsp3) is 0.571. The summed E-state index contributed by atoms with van der Waals surface area (Å²) in [6.45, 7) is 3.99. The summed E-state index contributed by atoms with van der Waals surface area (Å²) in [5.74, 6) is 1.94. The van der Waals surface area contributed by atoms with Crippen LogP contribution in [0.2, 0.25) is 0 Å². The van der Waals surface area contributed by atoms with Crippen molar-refractivity contribution in [3.05, 3.63) is 11.7 Å². The SMILES string of the molecule is CC(C)c1noc(CSC(=N)N)n1. The molecular weight excluding hydrogens is 188 g/mol. The minimum atomic E-state index is 0.0595. The quantitative estimate of drug-likeness (QED) is 0.567. The van der Waals surface area contributed by atoms with Gasteiger partial charge in [0.1, 0.15) is 0 Å². The fourth-order valence-corrected chi connectivity index (χ4v) is 1.10. The maximum atomic E-state index is 6.99. The molecule has 1 aromatic heterocycles. The lowest BCUT2D eigenvalue weighted by molar-refractivity contribution is 0.383. The molecule has 0 unspecified atom stereocenters. The molecule has 6 heteroatoms. The standard InChI is InChI=1S/C7H12N4OS/c1-4(2)6-10-5(12-11-6)3-13-7(8)9/h4H,3H2,1-2H3,(H3,8,9). The summed E-state index contributed by atoms with van der Waals surface area (Å²) in [6, 6.07) is 0. The van der Waals surface area contributed by atoms with Crippen molar-refractivity contribution in [3.8, 4) is 0 Å². The Labute approximate surface area is 80.6 Å². The highest BCUT2D eigenvalue weighted by Crippen LogP contribution is 2.13. The van der Waals surface area contributed by atoms with E-state index in [1.807, 2.05) is 13.8 Å². The third-order valence-electron chi connectivity index (χ3n) is 1.35. The molecule has 13 heavy (non-hydrogen) atoms. The van der Waals surface area contributed by atoms with Crippen LogP contribution in [0.1, 0.15) is 31.5 Å². The third-order valence-corrected chi connectivity index (χ3v) is 2.05. The molecule has 0 aliphatic heterocycles. The smallest absolute Gasteiger partial charge is 0.237 e. The summed E-state index contributed by atoms with van der Waals surface area (Å²) in [4.78, 5) is 4.13. The second-order valence-corrected chi connectivity index (χ2v) is 3.87. The van der Waals surface area contributed by atoms with Gasteiger partial charge in [0, 0.05) is 5.92 Å². The van der Waals surface area contributed by atoms with E-state index in [4.69, 9.17) is 15.7 Å². The fourth-order valence-electron chi connectivity index (χ4n) is 0.701. The van der Waals surface area contributed by atoms with Crippen LogP contribution in [-0.2, 0) is 5.75 Å². The number of aromatic nitrogens is 2. The van der Waals surface area contributed by atoms with Crippen molar-refractivity contribution in [2.75, 3.05) is 0 Å². The van der Waals surface area contributed by atoms with Crippen LogP contribution in [0.3, 0.4) is 0 Å². The lowest BCUT2D eigenvalue weighted by Crippen LogP contribution is -2.03. The predicted molar refractivity (Wildman–Crippen MR) is 51.6 cm³/mol. The van der Waals surface area contributed by atoms with E-state index in [0.717, 1.165) is 0 Å². The van der Waals surface area contributed by atoms with Crippen molar-refractivity contribution in [2.45, 2.75) is 25.5 Å². The zero-order chi connectivity index (χ0) is 9.84. The first-order valence-corrected chi connectivity index (χ1v) is 4.87. The number of rotatable bonds is 3. The molecule has 0 atom stereocenters. The molecule has 3 N–H and O–H groups in total. The van der Waals surface area contributed by atoms with E-state index < -0.39 is 0 Å². The average molecular weight is 200 g/mol. The van der Waals surface area contributed by atoms with E-state index >= 15 is 0 Å². The number of hydrogen-bond acceptors (Lipinski definition) is 5. The molecule has 0 spiro atoms. The maximum absolute atomic E-state index is 6.99. The molecule has 0 amide bonds. The van der Waals surface area contributed by atoms with Gasteiger partial charge in [0.05, 0.1) is 5.75 Å². The molecule has 1 aromatic rings. The topological polar surface area (TPSA) is 88.8 Å². The van der Waals surface area contributed by atoms with Crippen molar-refractivity contribution in [1.82, 2.24) is 10.1 Å². The Morgan fingerprint density at radius 3 is 2.85 bits per heavy atom. The normalized spacial score (nSPS) is 10.7. The van der Waals surface area contributed by atoms with Crippen molar-refractivity contribution >= 4 is 16.9 Å². The molecule has 1 rings (SSSR count). The van der Waals surface area contributed by atoms with Crippen LogP contribution in [-0.4, -0.2) is 15.3 Å². The molecule has 0 saturated heterocycles. The highest BCUT2D eigenvalue weighted by atomic mass is 32.2. The Hall–Kier alpha value is -1.04. The molecule has 72 valence electrons. The highest BCUT2D eigenvalue weighted by Gasteiger charge is 2.09. The summed E-state index contributed by atoms with van der Waals surface area (Å²) in [5, 5.41) is 10.8. The molecular formula is C7H12N4OS. The Bertz CT molecular complexity index is 296. The molecule has 0 radical (unpaired) electrons. The van der Waals surface area contributed by atoms with Gasteiger partial charge in [-0.25, -0.2) is 0 Å². The van der Waals surface area contributed by atoms with E-state index in [1.165, 1.54) is 11.8 Å². The predicted octanol–water partition coefficient (Wildman–Crippen LogP) is 1.32. The van der Waals surface area contributed by atoms with Gasteiger partial charge >= 0.3 is 0 Å². The van der Waals surface area contributed by atoms with Gasteiger partial charge in [-0.3, -0.25) is 5.41 Å². The average Bonchev–Trinajstić information content (AvgIpc) is 2.48. The molecule has 0 bridgehead atoms. The molecule has 0 aliphatic rings. The Morgan fingerprint density at radius 2 is 2.38 bits per heavy atom. The number of thioether (sulfide) groups is 1. The largest absolute Gasteiger partial charge is 0.379 e. The van der Waals surface area contributed by atoms with Crippen molar-refractivity contribution in [1.29, 1.82) is 5.41 Å². The van der Waals surface area contributed by atoms with Gasteiger partial charge in [-0.15, -0.1) is 0 Å². The van der Waals surface area contributed by atoms with E-state index in [0.29, 0.717) is 17.5 Å². The first-order valence-electron chi connectivity index (χ1n) is 3.89. The highest BCUT2D eigenvalue weighted by molar-refractivity contribution is 8.12. The number of amidine groups is 1. The number of nitrogens with two attached hydrogens (primary N) is 1. The minimum Gasteiger partial charge on any atom is -0.379 e. The summed E-state index contributed by atoms with van der Waals surface area (Å²) in [5.41, 5.74) is 5.16. The first kappa shape index (κ1) is 10.0. The summed E-state index contributed by atoms with van der Waals surface area (Å²) >= 11 is 1.17. The minimum absolute atomic E-state index is 0.0595. The van der Waals surface area contributed by atoms with Crippen LogP contribution in [0.15, 0.2) is 4.52 Å². The van der Waals surface area contributed by atoms with Gasteiger partial charge in [0.25, 0.3) is 0 Å². The van der Waals surface area contributed by atoms with E-state index in [1.54, 1.807) is 0 Å². The number of nitrogens with zero attached hydrogens (tertiary/aromatic N) is 2. The van der Waals surface area contributed by atoms with Crippen LogP contribution in [0.4, 0.5) is 0 Å². The molecule has 0 saturated carbocycles. The van der Waals surface area contributed by atoms with Gasteiger partial charge in [0.15, 0.2) is 11.0 Å². The van der Waals surface area contributed by atoms with Gasteiger partial charge in [-0.05, 0) is 0 Å². The van der Waals surface area contributed by atoms with E-state index in [2.05, 4.69) is 10.1 Å². The van der Waals surface area contributed by atoms with Gasteiger partial charge in [0.2, 0.25) is 5.89 Å². The maximum Gasteiger partial charge on any atom is 0.237 e. The first-order chi connectivity index (χ1) is 6.09. The second-order valence-electron chi connectivity index (χ2n) is 2.85. The lowest BCUT2D eigenvalue weighted by atomic mass is 10.2. The van der Waals surface area contributed by atoms with Gasteiger partial charge in [-0.1, -0.05) is 30.8 Å². The third kappa shape index (κ3) is 3.06. The Morgan fingerprint density at radius 1 is 1.69 bits per heavy atom. The molecule has 5 nitrogen and oxygen atoms in total. The second kappa shape index (κ2) is 4.27. The van der Waals surface area contributed by atoms with Crippen LogP contribution >= 0.6 is 11.8 Å². The molecule has 1 heterocycles.